The molecular formula is C16H22N2O3. The summed E-state index contributed by atoms with van der Waals surface area (Å²) in [5, 5.41) is 8.86. The number of rotatable bonds is 5. The van der Waals surface area contributed by atoms with E-state index in [1.165, 1.54) is 0 Å². The van der Waals surface area contributed by atoms with E-state index in [0.717, 1.165) is 18.4 Å². The summed E-state index contributed by atoms with van der Waals surface area (Å²) < 4.78 is 0. The fourth-order valence-electron chi connectivity index (χ4n) is 2.84. The Kier molecular flexibility index (Phi) is 5.33. The third kappa shape index (κ3) is 4.56. The van der Waals surface area contributed by atoms with Crippen LogP contribution in [-0.4, -0.2) is 35.0 Å². The van der Waals surface area contributed by atoms with Gasteiger partial charge in [0, 0.05) is 32.0 Å². The lowest BCUT2D eigenvalue weighted by Gasteiger charge is -2.32. The van der Waals surface area contributed by atoms with Crippen molar-refractivity contribution in [2.24, 2.45) is 11.7 Å². The van der Waals surface area contributed by atoms with E-state index >= 15 is 0 Å². The highest BCUT2D eigenvalue weighted by Crippen LogP contribution is 2.22. The van der Waals surface area contributed by atoms with Gasteiger partial charge in [-0.05, 0) is 24.3 Å². The molecule has 0 radical (unpaired) electrons. The lowest BCUT2D eigenvalue weighted by Crippen LogP contribution is -2.41. The molecule has 114 valence electrons. The van der Waals surface area contributed by atoms with Gasteiger partial charge in [0.15, 0.2) is 0 Å². The normalized spacial score (nSPS) is 20.0. The highest BCUT2D eigenvalue weighted by molar-refractivity contribution is 5.77. The fourth-order valence-corrected chi connectivity index (χ4v) is 2.84. The quantitative estimate of drug-likeness (QED) is 0.866. The number of carboxylic acid groups (broad SMARTS) is 1. The number of hydrogen-bond acceptors (Lipinski definition) is 3. The molecule has 21 heavy (non-hydrogen) atoms. The second-order valence-corrected chi connectivity index (χ2v) is 5.67. The number of likely N-dealkylation sites (tertiary alicyclic amines) is 1. The highest BCUT2D eigenvalue weighted by atomic mass is 16.4. The second-order valence-electron chi connectivity index (χ2n) is 5.67. The van der Waals surface area contributed by atoms with Crippen molar-refractivity contribution in [2.45, 2.75) is 31.7 Å². The lowest BCUT2D eigenvalue weighted by atomic mass is 9.94. The Morgan fingerprint density at radius 2 is 2.05 bits per heavy atom. The van der Waals surface area contributed by atoms with E-state index in [0.29, 0.717) is 13.1 Å². The Labute approximate surface area is 124 Å². The summed E-state index contributed by atoms with van der Waals surface area (Å²) in [7, 11) is 0. The second kappa shape index (κ2) is 7.22. The van der Waals surface area contributed by atoms with Gasteiger partial charge < -0.3 is 15.7 Å². The SMILES string of the molecule is NC(CC(=O)N1CCCC(CC(=O)O)C1)c1ccccc1. The van der Waals surface area contributed by atoms with Crippen molar-refractivity contribution in [3.8, 4) is 0 Å². The first-order chi connectivity index (χ1) is 10.1. The van der Waals surface area contributed by atoms with Crippen LogP contribution in [0, 0.1) is 5.92 Å². The maximum absolute atomic E-state index is 12.3. The molecule has 0 bridgehead atoms. The van der Waals surface area contributed by atoms with E-state index in [1.54, 1.807) is 4.90 Å². The van der Waals surface area contributed by atoms with Crippen LogP contribution in [0.5, 0.6) is 0 Å². The molecule has 1 aromatic carbocycles. The van der Waals surface area contributed by atoms with E-state index < -0.39 is 5.97 Å². The Morgan fingerprint density at radius 3 is 2.71 bits per heavy atom. The van der Waals surface area contributed by atoms with E-state index in [-0.39, 0.29) is 30.7 Å². The van der Waals surface area contributed by atoms with Gasteiger partial charge in [0.05, 0.1) is 0 Å². The molecule has 2 unspecified atom stereocenters. The van der Waals surface area contributed by atoms with Crippen molar-refractivity contribution in [2.75, 3.05) is 13.1 Å². The minimum atomic E-state index is -0.796. The van der Waals surface area contributed by atoms with Crippen LogP contribution in [0.2, 0.25) is 0 Å². The van der Waals surface area contributed by atoms with Gasteiger partial charge in [-0.2, -0.15) is 0 Å². The zero-order chi connectivity index (χ0) is 15.2. The Balaban J connectivity index is 1.89. The van der Waals surface area contributed by atoms with Gasteiger partial charge in [-0.25, -0.2) is 0 Å². The number of carboxylic acids is 1. The van der Waals surface area contributed by atoms with E-state index in [9.17, 15) is 9.59 Å². The highest BCUT2D eigenvalue weighted by Gasteiger charge is 2.26. The van der Waals surface area contributed by atoms with E-state index in [4.69, 9.17) is 10.8 Å². The van der Waals surface area contributed by atoms with Gasteiger partial charge in [0.1, 0.15) is 0 Å². The number of hydrogen-bond donors (Lipinski definition) is 2. The predicted molar refractivity (Wildman–Crippen MR) is 79.5 cm³/mol. The molecule has 5 heteroatoms. The van der Waals surface area contributed by atoms with Crippen LogP contribution in [0.25, 0.3) is 0 Å². The van der Waals surface area contributed by atoms with Crippen LogP contribution in [-0.2, 0) is 9.59 Å². The fraction of sp³-hybridized carbons (Fsp3) is 0.500. The zero-order valence-electron chi connectivity index (χ0n) is 12.1. The van der Waals surface area contributed by atoms with Crippen molar-refractivity contribution in [3.63, 3.8) is 0 Å². The first-order valence-corrected chi connectivity index (χ1v) is 7.36. The topological polar surface area (TPSA) is 83.6 Å². The van der Waals surface area contributed by atoms with Crippen molar-refractivity contribution in [1.82, 2.24) is 4.90 Å². The van der Waals surface area contributed by atoms with Crippen LogP contribution < -0.4 is 5.73 Å². The molecule has 1 aromatic rings. The van der Waals surface area contributed by atoms with Gasteiger partial charge in [-0.15, -0.1) is 0 Å². The molecule has 1 amide bonds. The third-order valence-corrected chi connectivity index (χ3v) is 3.96. The number of carbonyl (C=O) groups excluding carboxylic acids is 1. The molecule has 1 fully saturated rings. The summed E-state index contributed by atoms with van der Waals surface area (Å²) in [5.74, 6) is -0.718. The first kappa shape index (κ1) is 15.5. The van der Waals surface area contributed by atoms with Crippen molar-refractivity contribution < 1.29 is 14.7 Å². The summed E-state index contributed by atoms with van der Waals surface area (Å²) in [4.78, 5) is 24.9. The molecular weight excluding hydrogens is 268 g/mol. The lowest BCUT2D eigenvalue weighted by molar-refractivity contribution is -0.140. The number of carbonyl (C=O) groups is 2. The molecule has 5 nitrogen and oxygen atoms in total. The van der Waals surface area contributed by atoms with Gasteiger partial charge in [-0.3, -0.25) is 9.59 Å². The number of piperidine rings is 1. The van der Waals surface area contributed by atoms with E-state index in [1.807, 2.05) is 30.3 Å². The number of aliphatic carboxylic acids is 1. The smallest absolute Gasteiger partial charge is 0.303 e. The molecule has 1 aliphatic rings. The van der Waals surface area contributed by atoms with Gasteiger partial charge in [0.25, 0.3) is 0 Å². The largest absolute Gasteiger partial charge is 0.481 e. The zero-order valence-corrected chi connectivity index (χ0v) is 12.1. The molecule has 0 saturated carbocycles. The van der Waals surface area contributed by atoms with Crippen LogP contribution in [0.1, 0.15) is 37.3 Å². The molecule has 0 spiro atoms. The molecule has 3 N–H and O–H groups in total. The van der Waals surface area contributed by atoms with Crippen LogP contribution in [0.15, 0.2) is 30.3 Å². The van der Waals surface area contributed by atoms with Crippen molar-refractivity contribution >= 4 is 11.9 Å². The number of amides is 1. The standard InChI is InChI=1S/C16H22N2O3/c17-14(13-6-2-1-3-7-13)10-15(19)18-8-4-5-12(11-18)9-16(20)21/h1-3,6-7,12,14H,4-5,8-11,17H2,(H,20,21). The average molecular weight is 290 g/mol. The maximum atomic E-state index is 12.3. The Morgan fingerprint density at radius 1 is 1.33 bits per heavy atom. The van der Waals surface area contributed by atoms with Gasteiger partial charge in [-0.1, -0.05) is 30.3 Å². The first-order valence-electron chi connectivity index (χ1n) is 7.36. The number of benzene rings is 1. The Hall–Kier alpha value is -1.88. The maximum Gasteiger partial charge on any atom is 0.303 e. The molecule has 0 aliphatic carbocycles. The number of nitrogens with zero attached hydrogens (tertiary/aromatic N) is 1. The van der Waals surface area contributed by atoms with Crippen LogP contribution in [0.3, 0.4) is 0 Å². The summed E-state index contributed by atoms with van der Waals surface area (Å²) in [5.41, 5.74) is 7.03. The molecule has 1 saturated heterocycles. The van der Waals surface area contributed by atoms with Crippen LogP contribution >= 0.6 is 0 Å². The molecule has 0 aromatic heterocycles. The summed E-state index contributed by atoms with van der Waals surface area (Å²) in [6, 6.07) is 9.26. The summed E-state index contributed by atoms with van der Waals surface area (Å²) >= 11 is 0. The minimum Gasteiger partial charge on any atom is -0.481 e. The third-order valence-electron chi connectivity index (χ3n) is 3.96. The molecule has 2 rings (SSSR count). The minimum absolute atomic E-state index is 0.0152. The molecule has 2 atom stereocenters. The van der Waals surface area contributed by atoms with Crippen LogP contribution in [0.4, 0.5) is 0 Å². The van der Waals surface area contributed by atoms with Gasteiger partial charge in [0.2, 0.25) is 5.91 Å². The van der Waals surface area contributed by atoms with Gasteiger partial charge >= 0.3 is 5.97 Å². The average Bonchev–Trinajstić information content (AvgIpc) is 2.47. The predicted octanol–water partition coefficient (Wildman–Crippen LogP) is 1.79. The van der Waals surface area contributed by atoms with Crippen molar-refractivity contribution in [3.05, 3.63) is 35.9 Å². The summed E-state index contributed by atoms with van der Waals surface area (Å²) in [6.45, 7) is 1.24. The number of nitrogens with two attached hydrogens (primary N) is 1. The van der Waals surface area contributed by atoms with E-state index in [2.05, 4.69) is 0 Å². The molecule has 1 heterocycles. The monoisotopic (exact) mass is 290 g/mol. The molecule has 1 aliphatic heterocycles. The summed E-state index contributed by atoms with van der Waals surface area (Å²) in [6.07, 6.45) is 2.14. The van der Waals surface area contributed by atoms with Crippen molar-refractivity contribution in [1.29, 1.82) is 0 Å². The Bertz CT molecular complexity index is 490.